The maximum atomic E-state index is 12.8. The third-order valence-electron chi connectivity index (χ3n) is 16.7. The van der Waals surface area contributed by atoms with Crippen molar-refractivity contribution in [2.45, 2.75) is 173 Å². The molecule has 44 heavy (non-hydrogen) atoms. The molecule has 5 aliphatic carbocycles. The largest absolute Gasteiger partial charge is 0.392 e. The summed E-state index contributed by atoms with van der Waals surface area (Å²) in [4.78, 5) is 0. The van der Waals surface area contributed by atoms with Crippen molar-refractivity contribution < 1.29 is 9.84 Å². The Morgan fingerprint density at radius 2 is 1.45 bits per heavy atom. The smallest absolute Gasteiger partial charge is 0.0609 e. The van der Waals surface area contributed by atoms with Crippen LogP contribution in [0, 0.1) is 93.2 Å². The van der Waals surface area contributed by atoms with E-state index in [1.54, 1.807) is 0 Å². The molecule has 15 atom stereocenters. The molecule has 0 bridgehead atoms. The lowest BCUT2D eigenvalue weighted by Crippen LogP contribution is -2.68. The van der Waals surface area contributed by atoms with Gasteiger partial charge < -0.3 is 9.84 Å². The van der Waals surface area contributed by atoms with Crippen molar-refractivity contribution in [2.24, 2.45) is 93.2 Å². The molecule has 15 unspecified atom stereocenters. The first-order valence-corrected chi connectivity index (χ1v) is 19.8. The minimum atomic E-state index is -0.170. The van der Waals surface area contributed by atoms with Crippen LogP contribution >= 0.6 is 0 Å². The molecule has 0 aromatic rings. The number of aliphatic hydroxyl groups excluding tert-OH is 1. The van der Waals surface area contributed by atoms with E-state index in [-0.39, 0.29) is 16.9 Å². The monoisotopic (exact) mass is 613 g/mol. The topological polar surface area (TPSA) is 29.5 Å². The normalized spacial score (nSPS) is 53.6. The number of aliphatic hydroxyl groups is 1. The van der Waals surface area contributed by atoms with E-state index in [1.807, 2.05) is 0 Å². The summed E-state index contributed by atoms with van der Waals surface area (Å²) in [5, 5.41) is 12.8. The molecule has 0 radical (unpaired) electrons. The highest BCUT2D eigenvalue weighted by Crippen LogP contribution is 2.74. The molecule has 0 spiro atoms. The highest BCUT2D eigenvalue weighted by atomic mass is 16.5. The molecule has 0 aromatic heterocycles. The van der Waals surface area contributed by atoms with Crippen LogP contribution < -0.4 is 0 Å². The summed E-state index contributed by atoms with van der Waals surface area (Å²) in [5.74, 6) is 8.64. The zero-order valence-electron chi connectivity index (χ0n) is 31.7. The Bertz CT molecular complexity index is 965. The summed E-state index contributed by atoms with van der Waals surface area (Å²) in [7, 11) is 0. The molecule has 0 aromatic carbocycles. The van der Waals surface area contributed by atoms with Crippen LogP contribution in [0.5, 0.6) is 0 Å². The third kappa shape index (κ3) is 5.81. The molecule has 2 heteroatoms. The van der Waals surface area contributed by atoms with Gasteiger partial charge in [0.1, 0.15) is 0 Å². The van der Waals surface area contributed by atoms with Gasteiger partial charge in [-0.3, -0.25) is 0 Å². The van der Waals surface area contributed by atoms with Gasteiger partial charge in [0, 0.05) is 0 Å². The molecule has 0 saturated heterocycles. The highest BCUT2D eigenvalue weighted by molar-refractivity contribution is 5.18. The van der Waals surface area contributed by atoms with Crippen molar-refractivity contribution in [1.82, 2.24) is 0 Å². The average Bonchev–Trinajstić information content (AvgIpc) is 2.91. The van der Waals surface area contributed by atoms with Gasteiger partial charge >= 0.3 is 0 Å². The minimum absolute atomic E-state index is 0.170. The summed E-state index contributed by atoms with van der Waals surface area (Å²) in [6, 6.07) is 0. The van der Waals surface area contributed by atoms with Crippen molar-refractivity contribution in [2.75, 3.05) is 0 Å². The van der Waals surface area contributed by atoms with Gasteiger partial charge in [-0.15, -0.1) is 0 Å². The molecule has 0 aliphatic heterocycles. The maximum absolute atomic E-state index is 12.8. The van der Waals surface area contributed by atoms with E-state index < -0.39 is 0 Å². The standard InChI is InChI=1S/C42H76O2/c1-24(2)34-20-32(17-16-28(7)44-33-18-14-26(5)15-19-33)29(8)37-35(34)22-40(11)23-41(12)21-27(6)36(25(3)4)30(9)42(41,13)31(10)38(40)39(37)43/h24-39,43H,14-23H2,1-13H3. The lowest BCUT2D eigenvalue weighted by atomic mass is 9.32. The number of fused-ring (bicyclic) bond motifs is 3. The molecule has 2 nitrogen and oxygen atoms in total. The Hall–Kier alpha value is -0.0800. The zero-order valence-corrected chi connectivity index (χ0v) is 31.7. The zero-order chi connectivity index (χ0) is 32.5. The van der Waals surface area contributed by atoms with Crippen LogP contribution in [-0.4, -0.2) is 23.4 Å². The fourth-order valence-electron chi connectivity index (χ4n) is 14.6. The Morgan fingerprint density at radius 1 is 0.818 bits per heavy atom. The predicted octanol–water partition coefficient (Wildman–Crippen LogP) is 11.3. The first-order valence-electron chi connectivity index (χ1n) is 19.8. The molecule has 256 valence electrons. The highest BCUT2D eigenvalue weighted by Gasteiger charge is 2.69. The minimum Gasteiger partial charge on any atom is -0.392 e. The van der Waals surface area contributed by atoms with Gasteiger partial charge in [0.25, 0.3) is 0 Å². The second kappa shape index (κ2) is 12.7. The predicted molar refractivity (Wildman–Crippen MR) is 187 cm³/mol. The third-order valence-corrected chi connectivity index (χ3v) is 16.7. The van der Waals surface area contributed by atoms with Crippen LogP contribution in [0.3, 0.4) is 0 Å². The number of rotatable bonds is 7. The van der Waals surface area contributed by atoms with Crippen LogP contribution in [-0.2, 0) is 4.74 Å². The first kappa shape index (κ1) is 35.2. The molecule has 5 aliphatic rings. The van der Waals surface area contributed by atoms with Crippen LogP contribution in [0.1, 0.15) is 154 Å². The maximum Gasteiger partial charge on any atom is 0.0609 e. The number of hydrogen-bond acceptors (Lipinski definition) is 2. The van der Waals surface area contributed by atoms with E-state index in [9.17, 15) is 5.11 Å². The molecule has 0 amide bonds. The Labute approximate surface area is 275 Å². The van der Waals surface area contributed by atoms with Crippen molar-refractivity contribution in [3.05, 3.63) is 0 Å². The molecule has 5 rings (SSSR count). The molecule has 5 fully saturated rings. The van der Waals surface area contributed by atoms with Crippen molar-refractivity contribution in [3.8, 4) is 0 Å². The Morgan fingerprint density at radius 3 is 2.05 bits per heavy atom. The SMILES string of the molecule is CC1CCC(OC(C)CCC2CC(C(C)C)C3CC4(C)CC5(C)CC(C)C(C(C)C)C(C)C5(C)C(C)C4C(O)C3C2C)CC1. The summed E-state index contributed by atoms with van der Waals surface area (Å²) < 4.78 is 6.63. The second-order valence-electron chi connectivity index (χ2n) is 19.9. The van der Waals surface area contributed by atoms with Crippen molar-refractivity contribution >= 4 is 0 Å². The summed E-state index contributed by atoms with van der Waals surface area (Å²) in [6.07, 6.45) is 13.7. The van der Waals surface area contributed by atoms with Crippen molar-refractivity contribution in [3.63, 3.8) is 0 Å². The van der Waals surface area contributed by atoms with Crippen LogP contribution in [0.4, 0.5) is 0 Å². The molecular weight excluding hydrogens is 536 g/mol. The van der Waals surface area contributed by atoms with Gasteiger partial charge in [0.05, 0.1) is 18.3 Å². The fourth-order valence-corrected chi connectivity index (χ4v) is 14.6. The fraction of sp³-hybridized carbons (Fsp3) is 1.00. The van der Waals surface area contributed by atoms with E-state index in [4.69, 9.17) is 4.74 Å². The van der Waals surface area contributed by atoms with E-state index in [0.29, 0.717) is 65.0 Å². The quantitative estimate of drug-likeness (QED) is 0.310. The number of hydrogen-bond donors (Lipinski definition) is 1. The van der Waals surface area contributed by atoms with E-state index in [1.165, 1.54) is 64.2 Å². The first-order chi connectivity index (χ1) is 20.4. The van der Waals surface area contributed by atoms with E-state index in [2.05, 4.69) is 90.0 Å². The van der Waals surface area contributed by atoms with Gasteiger partial charge in [-0.05, 0) is 164 Å². The molecule has 0 heterocycles. The molecular formula is C42H76O2. The van der Waals surface area contributed by atoms with Gasteiger partial charge in [-0.1, -0.05) is 83.1 Å². The van der Waals surface area contributed by atoms with Crippen molar-refractivity contribution in [1.29, 1.82) is 0 Å². The lowest BCUT2D eigenvalue weighted by molar-refractivity contribution is -0.265. The van der Waals surface area contributed by atoms with Crippen LogP contribution in [0.25, 0.3) is 0 Å². The number of ether oxygens (including phenoxy) is 1. The van der Waals surface area contributed by atoms with Gasteiger partial charge in [-0.2, -0.15) is 0 Å². The van der Waals surface area contributed by atoms with Gasteiger partial charge in [-0.25, -0.2) is 0 Å². The van der Waals surface area contributed by atoms with Crippen LogP contribution in [0.2, 0.25) is 0 Å². The molecule has 1 N–H and O–H groups in total. The second-order valence-corrected chi connectivity index (χ2v) is 19.9. The summed E-state index contributed by atoms with van der Waals surface area (Å²) >= 11 is 0. The van der Waals surface area contributed by atoms with Gasteiger partial charge in [0.2, 0.25) is 0 Å². The van der Waals surface area contributed by atoms with Gasteiger partial charge in [0.15, 0.2) is 0 Å². The van der Waals surface area contributed by atoms with Crippen LogP contribution in [0.15, 0.2) is 0 Å². The Balaban J connectivity index is 1.38. The lowest BCUT2D eigenvalue weighted by Gasteiger charge is -2.73. The molecule has 5 saturated carbocycles. The summed E-state index contributed by atoms with van der Waals surface area (Å²) in [5.41, 5.74) is 0.847. The average molecular weight is 613 g/mol. The Kier molecular flexibility index (Phi) is 10.2. The van der Waals surface area contributed by atoms with E-state index >= 15 is 0 Å². The summed E-state index contributed by atoms with van der Waals surface area (Å²) in [6.45, 7) is 33.0. The van der Waals surface area contributed by atoms with E-state index in [0.717, 1.165) is 29.6 Å².